The van der Waals surface area contributed by atoms with E-state index in [2.05, 4.69) is 11.8 Å². The van der Waals surface area contributed by atoms with Crippen molar-refractivity contribution in [1.29, 1.82) is 0 Å². The molecule has 3 nitrogen and oxygen atoms in total. The Bertz CT molecular complexity index is 308. The fourth-order valence-corrected chi connectivity index (χ4v) is 1.76. The fourth-order valence-electron chi connectivity index (χ4n) is 1.76. The van der Waals surface area contributed by atoms with E-state index in [1.165, 1.54) is 0 Å². The molecule has 0 aromatic heterocycles. The molecule has 0 saturated heterocycles. The molecular weight excluding hydrogens is 180 g/mol. The Morgan fingerprint density at radius 3 is 2.71 bits per heavy atom. The van der Waals surface area contributed by atoms with Crippen LogP contribution in [0.5, 0.6) is 0 Å². The van der Waals surface area contributed by atoms with Gasteiger partial charge >= 0.3 is 5.97 Å². The maximum absolute atomic E-state index is 11.5. The topological polar surface area (TPSA) is 54.4 Å². The van der Waals surface area contributed by atoms with Crippen LogP contribution in [0.15, 0.2) is 0 Å². The summed E-state index contributed by atoms with van der Waals surface area (Å²) >= 11 is 0. The van der Waals surface area contributed by atoms with E-state index in [-0.39, 0.29) is 12.2 Å². The lowest BCUT2D eigenvalue weighted by Crippen LogP contribution is -2.34. The van der Waals surface area contributed by atoms with E-state index in [4.69, 9.17) is 5.11 Å². The third kappa shape index (κ3) is 1.79. The summed E-state index contributed by atoms with van der Waals surface area (Å²) in [4.78, 5) is 22.5. The zero-order valence-corrected chi connectivity index (χ0v) is 8.30. The second-order valence-corrected chi connectivity index (χ2v) is 3.55. The second kappa shape index (κ2) is 4.28. The van der Waals surface area contributed by atoms with Gasteiger partial charge in [-0.3, -0.25) is 9.59 Å². The number of carbonyl (C=O) groups excluding carboxylic acids is 1. The molecule has 0 aromatic rings. The highest BCUT2D eigenvalue weighted by molar-refractivity contribution is 6.04. The average Bonchev–Trinajstić information content (AvgIpc) is 2.49. The number of carboxylic acid groups (broad SMARTS) is 1. The van der Waals surface area contributed by atoms with Gasteiger partial charge in [-0.25, -0.2) is 0 Å². The van der Waals surface area contributed by atoms with Gasteiger partial charge in [0.05, 0.1) is 0 Å². The van der Waals surface area contributed by atoms with Gasteiger partial charge < -0.3 is 5.11 Å². The Kier molecular flexibility index (Phi) is 3.29. The molecule has 0 aromatic carbocycles. The number of ketones is 1. The van der Waals surface area contributed by atoms with E-state index < -0.39 is 11.4 Å². The van der Waals surface area contributed by atoms with E-state index in [0.717, 1.165) is 0 Å². The Morgan fingerprint density at radius 2 is 2.29 bits per heavy atom. The molecular formula is C11H14O3. The largest absolute Gasteiger partial charge is 0.480 e. The van der Waals surface area contributed by atoms with Crippen LogP contribution in [0.25, 0.3) is 0 Å². The predicted octanol–water partition coefficient (Wildman–Crippen LogP) is 1.61. The van der Waals surface area contributed by atoms with E-state index in [1.54, 1.807) is 0 Å². The van der Waals surface area contributed by atoms with Crippen molar-refractivity contribution in [2.45, 2.75) is 39.0 Å². The lowest BCUT2D eigenvalue weighted by atomic mass is 9.82. The summed E-state index contributed by atoms with van der Waals surface area (Å²) in [6.07, 6.45) is 2.39. The second-order valence-electron chi connectivity index (χ2n) is 3.55. The van der Waals surface area contributed by atoms with Crippen LogP contribution in [-0.4, -0.2) is 16.9 Å². The molecule has 1 N–H and O–H groups in total. The molecule has 1 atom stereocenters. The molecule has 0 amide bonds. The third-order valence-electron chi connectivity index (χ3n) is 2.64. The van der Waals surface area contributed by atoms with Crippen molar-refractivity contribution >= 4 is 11.8 Å². The SMILES string of the molecule is CCC#CCC1(C(=O)O)CCCC1=O. The molecule has 0 heterocycles. The van der Waals surface area contributed by atoms with Crippen molar-refractivity contribution in [2.75, 3.05) is 0 Å². The third-order valence-corrected chi connectivity index (χ3v) is 2.64. The van der Waals surface area contributed by atoms with Gasteiger partial charge in [0.1, 0.15) is 5.41 Å². The molecule has 1 fully saturated rings. The summed E-state index contributed by atoms with van der Waals surface area (Å²) in [6.45, 7) is 1.90. The van der Waals surface area contributed by atoms with Crippen molar-refractivity contribution < 1.29 is 14.7 Å². The van der Waals surface area contributed by atoms with Crippen LogP contribution in [0.1, 0.15) is 39.0 Å². The molecule has 0 spiro atoms. The summed E-state index contributed by atoms with van der Waals surface area (Å²) in [6, 6.07) is 0. The van der Waals surface area contributed by atoms with Crippen molar-refractivity contribution in [1.82, 2.24) is 0 Å². The molecule has 76 valence electrons. The van der Waals surface area contributed by atoms with Gasteiger partial charge in [-0.05, 0) is 12.8 Å². The number of hydrogen-bond acceptors (Lipinski definition) is 2. The number of carboxylic acids is 1. The lowest BCUT2D eigenvalue weighted by molar-refractivity contribution is -0.152. The monoisotopic (exact) mass is 194 g/mol. The maximum atomic E-state index is 11.5. The van der Waals surface area contributed by atoms with Gasteiger partial charge in [0.2, 0.25) is 0 Å². The first-order valence-corrected chi connectivity index (χ1v) is 4.86. The van der Waals surface area contributed by atoms with Gasteiger partial charge in [-0.2, -0.15) is 0 Å². The Balaban J connectivity index is 2.82. The summed E-state index contributed by atoms with van der Waals surface area (Å²) in [7, 11) is 0. The van der Waals surface area contributed by atoms with E-state index in [0.29, 0.717) is 25.7 Å². The number of hydrogen-bond donors (Lipinski definition) is 1. The molecule has 1 aliphatic rings. The van der Waals surface area contributed by atoms with Crippen LogP contribution in [-0.2, 0) is 9.59 Å². The average molecular weight is 194 g/mol. The fraction of sp³-hybridized carbons (Fsp3) is 0.636. The van der Waals surface area contributed by atoms with Gasteiger partial charge in [-0.15, -0.1) is 11.8 Å². The summed E-state index contributed by atoms with van der Waals surface area (Å²) in [5, 5.41) is 9.04. The molecule has 0 bridgehead atoms. The number of carbonyl (C=O) groups is 2. The Hall–Kier alpha value is -1.30. The van der Waals surface area contributed by atoms with Crippen molar-refractivity contribution in [3.05, 3.63) is 0 Å². The first-order chi connectivity index (χ1) is 6.63. The lowest BCUT2D eigenvalue weighted by Gasteiger charge is -2.18. The number of Topliss-reactive ketones (excluding diaryl/α,β-unsaturated/α-hetero) is 1. The first-order valence-electron chi connectivity index (χ1n) is 4.86. The van der Waals surface area contributed by atoms with Crippen LogP contribution in [0.3, 0.4) is 0 Å². The van der Waals surface area contributed by atoms with Crippen molar-refractivity contribution in [2.24, 2.45) is 5.41 Å². The van der Waals surface area contributed by atoms with Crippen LogP contribution < -0.4 is 0 Å². The highest BCUT2D eigenvalue weighted by Gasteiger charge is 2.48. The van der Waals surface area contributed by atoms with Crippen molar-refractivity contribution in [3.63, 3.8) is 0 Å². The van der Waals surface area contributed by atoms with Gasteiger partial charge in [0, 0.05) is 19.3 Å². The minimum atomic E-state index is -1.19. The van der Waals surface area contributed by atoms with Crippen LogP contribution in [0.2, 0.25) is 0 Å². The van der Waals surface area contributed by atoms with Gasteiger partial charge in [0.25, 0.3) is 0 Å². The molecule has 1 aliphatic carbocycles. The molecule has 1 rings (SSSR count). The molecule has 0 radical (unpaired) electrons. The van der Waals surface area contributed by atoms with Crippen molar-refractivity contribution in [3.8, 4) is 11.8 Å². The molecule has 14 heavy (non-hydrogen) atoms. The van der Waals surface area contributed by atoms with E-state index in [1.807, 2.05) is 6.92 Å². The number of aliphatic carboxylic acids is 1. The Morgan fingerprint density at radius 1 is 1.57 bits per heavy atom. The summed E-state index contributed by atoms with van der Waals surface area (Å²) in [5.74, 6) is 4.42. The quantitative estimate of drug-likeness (QED) is 0.536. The zero-order chi connectivity index (χ0) is 10.6. The smallest absolute Gasteiger partial charge is 0.318 e. The van der Waals surface area contributed by atoms with Gasteiger partial charge in [-0.1, -0.05) is 6.92 Å². The molecule has 1 unspecified atom stereocenters. The van der Waals surface area contributed by atoms with Crippen LogP contribution >= 0.6 is 0 Å². The molecule has 0 aliphatic heterocycles. The predicted molar refractivity (Wildman–Crippen MR) is 51.6 cm³/mol. The summed E-state index contributed by atoms with van der Waals surface area (Å²) < 4.78 is 0. The minimum Gasteiger partial charge on any atom is -0.480 e. The van der Waals surface area contributed by atoms with E-state index in [9.17, 15) is 9.59 Å². The van der Waals surface area contributed by atoms with E-state index >= 15 is 0 Å². The summed E-state index contributed by atoms with van der Waals surface area (Å²) in [5.41, 5.74) is -1.19. The Labute approximate surface area is 83.5 Å². The minimum absolute atomic E-state index is 0.157. The van der Waals surface area contributed by atoms with Gasteiger partial charge in [0.15, 0.2) is 5.78 Å². The first kappa shape index (κ1) is 10.8. The highest BCUT2D eigenvalue weighted by Crippen LogP contribution is 2.37. The molecule has 3 heteroatoms. The highest BCUT2D eigenvalue weighted by atomic mass is 16.4. The van der Waals surface area contributed by atoms with Crippen LogP contribution in [0, 0.1) is 17.3 Å². The number of rotatable bonds is 2. The normalized spacial score (nSPS) is 25.6. The van der Waals surface area contributed by atoms with Crippen LogP contribution in [0.4, 0.5) is 0 Å². The molecule has 1 saturated carbocycles. The maximum Gasteiger partial charge on any atom is 0.318 e. The zero-order valence-electron chi connectivity index (χ0n) is 8.30. The standard InChI is InChI=1S/C11H14O3/c1-2-3-4-7-11(10(13)14)8-5-6-9(11)12/h2,5-8H2,1H3,(H,13,14).